The first-order valence-electron chi connectivity index (χ1n) is 6.58. The molecule has 0 saturated carbocycles. The summed E-state index contributed by atoms with van der Waals surface area (Å²) in [6.45, 7) is 1.49. The number of anilines is 1. The van der Waals surface area contributed by atoms with Crippen molar-refractivity contribution in [1.82, 2.24) is 14.6 Å². The molecule has 0 aromatic carbocycles. The van der Waals surface area contributed by atoms with Crippen LogP contribution in [0.1, 0.15) is 19.6 Å². The Balaban J connectivity index is 2.12. The second-order valence-corrected chi connectivity index (χ2v) is 6.61. The first kappa shape index (κ1) is 17.0. The number of ether oxygens (including phenoxy) is 1. The maximum absolute atomic E-state index is 14.1. The Bertz CT molecular complexity index is 641. The van der Waals surface area contributed by atoms with Gasteiger partial charge in [0.15, 0.2) is 6.23 Å². The molecule has 124 valence electrons. The van der Waals surface area contributed by atoms with E-state index in [9.17, 15) is 18.6 Å². The van der Waals surface area contributed by atoms with Crippen LogP contribution in [0, 0.1) is 0 Å². The van der Waals surface area contributed by atoms with Crippen molar-refractivity contribution in [2.24, 2.45) is 0 Å². The number of aromatic nitrogens is 2. The Labute approximate surface area is 125 Å². The van der Waals surface area contributed by atoms with Gasteiger partial charge in [-0.05, 0) is 20.0 Å². The Morgan fingerprint density at radius 2 is 2.41 bits per heavy atom. The van der Waals surface area contributed by atoms with Crippen molar-refractivity contribution >= 4 is 13.6 Å². The van der Waals surface area contributed by atoms with Gasteiger partial charge < -0.3 is 15.4 Å². The number of nitrogens with zero attached hydrogens (tertiary/aromatic N) is 2. The molecule has 5 atom stereocenters. The van der Waals surface area contributed by atoms with E-state index >= 15 is 0 Å². The molecule has 9 nitrogen and oxygen atoms in total. The lowest BCUT2D eigenvalue weighted by molar-refractivity contribution is -0.0597. The van der Waals surface area contributed by atoms with Crippen molar-refractivity contribution in [1.29, 1.82) is 0 Å². The van der Waals surface area contributed by atoms with Crippen LogP contribution < -0.4 is 16.5 Å². The molecule has 1 aliphatic rings. The van der Waals surface area contributed by atoms with Gasteiger partial charge in [0, 0.05) is 12.6 Å². The molecule has 1 saturated heterocycles. The quantitative estimate of drug-likeness (QED) is 0.649. The normalized spacial score (nSPS) is 29.2. The first-order valence-corrected chi connectivity index (χ1v) is 8.15. The van der Waals surface area contributed by atoms with E-state index < -0.39 is 38.0 Å². The predicted octanol–water partition coefficient (Wildman–Crippen LogP) is 0.176. The molecule has 22 heavy (non-hydrogen) atoms. The molecule has 11 heteroatoms. The van der Waals surface area contributed by atoms with Gasteiger partial charge in [-0.25, -0.2) is 18.8 Å². The smallest absolute Gasteiger partial charge is 0.383 e. The monoisotopic (exact) mass is 336 g/mol. The molecular formula is C11H18FN4O5P. The maximum atomic E-state index is 14.1. The van der Waals surface area contributed by atoms with Gasteiger partial charge >= 0.3 is 13.4 Å². The minimum Gasteiger partial charge on any atom is -0.383 e. The summed E-state index contributed by atoms with van der Waals surface area (Å²) < 4.78 is 37.0. The minimum atomic E-state index is -3.96. The van der Waals surface area contributed by atoms with Gasteiger partial charge in [0.05, 0.1) is 12.2 Å². The number of nitrogens with one attached hydrogen (secondary N) is 1. The van der Waals surface area contributed by atoms with Gasteiger partial charge in [-0.1, -0.05) is 0 Å². The standard InChI is InChI=1S/C11H18FN4O5P/c1-6(21-22(18,19)14-2)8-5-7(12)10(20-8)16-4-3-9(13)15-11(16)17/h3-4,6-8,10H,5H2,1-2H3,(H2,13,15,17)(H2,14,18,19). The molecule has 4 N–H and O–H groups in total. The summed E-state index contributed by atoms with van der Waals surface area (Å²) in [5.41, 5.74) is 4.64. The van der Waals surface area contributed by atoms with Crippen LogP contribution in [-0.2, 0) is 13.8 Å². The van der Waals surface area contributed by atoms with Crippen LogP contribution in [-0.4, -0.2) is 39.9 Å². The van der Waals surface area contributed by atoms with Crippen LogP contribution in [0.5, 0.6) is 0 Å². The van der Waals surface area contributed by atoms with E-state index in [4.69, 9.17) is 15.0 Å². The van der Waals surface area contributed by atoms with Crippen molar-refractivity contribution in [2.45, 2.75) is 38.0 Å². The second kappa shape index (κ2) is 6.43. The molecule has 1 aliphatic heterocycles. The molecule has 0 bridgehead atoms. The summed E-state index contributed by atoms with van der Waals surface area (Å²) in [5, 5.41) is 2.13. The molecule has 0 spiro atoms. The van der Waals surface area contributed by atoms with Crippen molar-refractivity contribution in [3.63, 3.8) is 0 Å². The highest BCUT2D eigenvalue weighted by molar-refractivity contribution is 7.50. The van der Waals surface area contributed by atoms with E-state index in [1.54, 1.807) is 0 Å². The highest BCUT2D eigenvalue weighted by Gasteiger charge is 2.41. The average Bonchev–Trinajstić information content (AvgIpc) is 2.80. The molecule has 0 radical (unpaired) electrons. The van der Waals surface area contributed by atoms with E-state index in [1.807, 2.05) is 0 Å². The fourth-order valence-electron chi connectivity index (χ4n) is 2.17. The van der Waals surface area contributed by atoms with E-state index in [0.29, 0.717) is 0 Å². The fourth-order valence-corrected chi connectivity index (χ4v) is 2.86. The predicted molar refractivity (Wildman–Crippen MR) is 75.8 cm³/mol. The third-order valence-electron chi connectivity index (χ3n) is 3.32. The molecule has 5 unspecified atom stereocenters. The van der Waals surface area contributed by atoms with Crippen molar-refractivity contribution < 1.29 is 23.1 Å². The largest absolute Gasteiger partial charge is 0.403 e. The molecule has 2 heterocycles. The molecule has 2 rings (SSSR count). The third-order valence-corrected chi connectivity index (χ3v) is 4.51. The van der Waals surface area contributed by atoms with Gasteiger partial charge in [-0.15, -0.1) is 0 Å². The molecular weight excluding hydrogens is 318 g/mol. The SMILES string of the molecule is CNP(=O)(O)OC(C)C1CC(F)C(n2ccc(N)nc2=O)O1. The molecule has 1 aromatic rings. The van der Waals surface area contributed by atoms with Crippen molar-refractivity contribution in [2.75, 3.05) is 12.8 Å². The minimum absolute atomic E-state index is 0.0261. The van der Waals surface area contributed by atoms with E-state index in [-0.39, 0.29) is 12.2 Å². The number of hydrogen-bond donors (Lipinski definition) is 3. The summed E-state index contributed by atoms with van der Waals surface area (Å²) in [5.74, 6) is 0.0261. The Morgan fingerprint density at radius 3 is 3.00 bits per heavy atom. The number of nitrogen functional groups attached to an aromatic ring is 1. The average molecular weight is 336 g/mol. The molecule has 0 amide bonds. The van der Waals surface area contributed by atoms with Crippen LogP contribution in [0.15, 0.2) is 17.1 Å². The van der Waals surface area contributed by atoms with E-state index in [1.165, 1.54) is 26.2 Å². The van der Waals surface area contributed by atoms with Crippen LogP contribution in [0.25, 0.3) is 0 Å². The van der Waals surface area contributed by atoms with Crippen LogP contribution in [0.3, 0.4) is 0 Å². The van der Waals surface area contributed by atoms with E-state index in [0.717, 1.165) is 4.57 Å². The zero-order chi connectivity index (χ0) is 16.5. The highest BCUT2D eigenvalue weighted by Crippen LogP contribution is 2.41. The van der Waals surface area contributed by atoms with Crippen molar-refractivity contribution in [3.8, 4) is 0 Å². The van der Waals surface area contributed by atoms with E-state index in [2.05, 4.69) is 10.1 Å². The van der Waals surface area contributed by atoms with Gasteiger partial charge in [-0.3, -0.25) is 9.09 Å². The molecule has 1 fully saturated rings. The molecule has 1 aromatic heterocycles. The van der Waals surface area contributed by atoms with Gasteiger partial charge in [0.1, 0.15) is 12.0 Å². The third kappa shape index (κ3) is 3.71. The van der Waals surface area contributed by atoms with Crippen LogP contribution in [0.4, 0.5) is 10.2 Å². The summed E-state index contributed by atoms with van der Waals surface area (Å²) in [4.78, 5) is 24.6. The Hall–Kier alpha value is -1.32. The maximum Gasteiger partial charge on any atom is 0.403 e. The summed E-state index contributed by atoms with van der Waals surface area (Å²) in [7, 11) is -2.69. The number of hydrogen-bond acceptors (Lipinski definition) is 6. The number of rotatable bonds is 5. The Morgan fingerprint density at radius 1 is 1.73 bits per heavy atom. The fraction of sp³-hybridized carbons (Fsp3) is 0.636. The summed E-state index contributed by atoms with van der Waals surface area (Å²) in [6.07, 6.45) is -3.06. The van der Waals surface area contributed by atoms with Crippen LogP contribution in [0.2, 0.25) is 0 Å². The molecule has 0 aliphatic carbocycles. The number of halogens is 1. The van der Waals surface area contributed by atoms with Gasteiger partial charge in [0.25, 0.3) is 0 Å². The topological polar surface area (TPSA) is 129 Å². The lowest BCUT2D eigenvalue weighted by atomic mass is 10.1. The lowest BCUT2D eigenvalue weighted by Gasteiger charge is -2.22. The van der Waals surface area contributed by atoms with Gasteiger partial charge in [0.2, 0.25) is 0 Å². The zero-order valence-electron chi connectivity index (χ0n) is 12.0. The van der Waals surface area contributed by atoms with Crippen LogP contribution >= 0.6 is 7.75 Å². The Kier molecular flexibility index (Phi) is 4.98. The summed E-state index contributed by atoms with van der Waals surface area (Å²) in [6, 6.07) is 1.35. The lowest BCUT2D eigenvalue weighted by Crippen LogP contribution is -2.31. The zero-order valence-corrected chi connectivity index (χ0v) is 12.9. The van der Waals surface area contributed by atoms with Crippen molar-refractivity contribution in [3.05, 3.63) is 22.7 Å². The number of nitrogens with two attached hydrogens (primary N) is 1. The highest BCUT2D eigenvalue weighted by atomic mass is 31.2. The first-order chi connectivity index (χ1) is 10.2. The summed E-state index contributed by atoms with van der Waals surface area (Å²) >= 11 is 0. The number of alkyl halides is 1. The second-order valence-electron chi connectivity index (χ2n) is 4.91. The van der Waals surface area contributed by atoms with Gasteiger partial charge in [-0.2, -0.15) is 4.98 Å².